The third kappa shape index (κ3) is 7.50. The fraction of sp³-hybridized carbons (Fsp3) is 0.526. The summed E-state index contributed by atoms with van der Waals surface area (Å²) in [5, 5.41) is 7.61. The molecule has 2 N–H and O–H groups in total. The number of nitrogens with one attached hydrogen (secondary N) is 2. The molecule has 0 amide bonds. The van der Waals surface area contributed by atoms with E-state index in [-0.39, 0.29) is 0 Å². The van der Waals surface area contributed by atoms with Crippen molar-refractivity contribution in [3.8, 4) is 0 Å². The van der Waals surface area contributed by atoms with E-state index in [4.69, 9.17) is 0 Å². The number of hydrogen-bond acceptors (Lipinski definition) is 2. The second-order valence-electron chi connectivity index (χ2n) is 6.55. The normalized spacial score (nSPS) is 12.7. The highest BCUT2D eigenvalue weighted by Gasteiger charge is 2.28. The van der Waals surface area contributed by atoms with Crippen molar-refractivity contribution in [1.82, 2.24) is 20.1 Å². The zero-order chi connectivity index (χ0) is 19.7. The average molecular weight is 383 g/mol. The number of guanidine groups is 1. The zero-order valence-corrected chi connectivity index (χ0v) is 15.9. The molecule has 0 aliphatic heterocycles. The Kier molecular flexibility index (Phi) is 7.97. The summed E-state index contributed by atoms with van der Waals surface area (Å²) in [7, 11) is 3.16. The fourth-order valence-electron chi connectivity index (χ4n) is 2.95. The number of rotatable bonds is 9. The van der Waals surface area contributed by atoms with Gasteiger partial charge >= 0.3 is 6.18 Å². The van der Waals surface area contributed by atoms with Gasteiger partial charge in [-0.15, -0.1) is 0 Å². The molecular formula is C19H28F3N5. The molecule has 1 aromatic carbocycles. The van der Waals surface area contributed by atoms with Gasteiger partial charge in [0.25, 0.3) is 0 Å². The third-order valence-corrected chi connectivity index (χ3v) is 4.23. The van der Waals surface area contributed by atoms with Crippen LogP contribution in [-0.2, 0) is 6.54 Å². The third-order valence-electron chi connectivity index (χ3n) is 4.23. The summed E-state index contributed by atoms with van der Waals surface area (Å²) in [6.07, 6.45) is -0.504. The molecule has 0 saturated carbocycles. The van der Waals surface area contributed by atoms with Gasteiger partial charge in [0, 0.05) is 38.4 Å². The first kappa shape index (κ1) is 21.1. The molecule has 0 spiro atoms. The minimum absolute atomic E-state index is 0.379. The molecule has 27 heavy (non-hydrogen) atoms. The van der Waals surface area contributed by atoms with Crippen molar-refractivity contribution in [3.05, 3.63) is 36.5 Å². The minimum Gasteiger partial charge on any atom is -0.356 e. The van der Waals surface area contributed by atoms with Crippen molar-refractivity contribution >= 4 is 16.9 Å². The van der Waals surface area contributed by atoms with E-state index in [9.17, 15) is 13.2 Å². The Morgan fingerprint density at radius 1 is 1.11 bits per heavy atom. The molecule has 0 fully saturated rings. The zero-order valence-electron chi connectivity index (χ0n) is 15.9. The van der Waals surface area contributed by atoms with E-state index in [2.05, 4.69) is 44.6 Å². The summed E-state index contributed by atoms with van der Waals surface area (Å²) < 4.78 is 39.0. The maximum absolute atomic E-state index is 12.3. The summed E-state index contributed by atoms with van der Waals surface area (Å²) in [4.78, 5) is 5.42. The van der Waals surface area contributed by atoms with Crippen molar-refractivity contribution in [1.29, 1.82) is 0 Å². The number of alkyl halides is 3. The second kappa shape index (κ2) is 10.2. The molecule has 0 saturated heterocycles. The number of para-hydroxylation sites is 1. The number of aromatic nitrogens is 1. The molecule has 1 aromatic heterocycles. The number of hydrogen-bond donors (Lipinski definition) is 2. The van der Waals surface area contributed by atoms with Gasteiger partial charge in [-0.05, 0) is 44.0 Å². The topological polar surface area (TPSA) is 44.6 Å². The lowest BCUT2D eigenvalue weighted by molar-refractivity contribution is -0.143. The molecule has 0 bridgehead atoms. The van der Waals surface area contributed by atoms with Crippen molar-refractivity contribution in [2.24, 2.45) is 4.99 Å². The highest BCUT2D eigenvalue weighted by Crippen LogP contribution is 2.16. The van der Waals surface area contributed by atoms with Crippen LogP contribution in [0.3, 0.4) is 0 Å². The molecule has 2 rings (SSSR count). The van der Waals surface area contributed by atoms with Gasteiger partial charge in [-0.2, -0.15) is 13.2 Å². The van der Waals surface area contributed by atoms with Crippen molar-refractivity contribution in [2.45, 2.75) is 25.6 Å². The number of benzene rings is 1. The maximum Gasteiger partial charge on any atom is 0.401 e. The molecule has 0 aliphatic rings. The summed E-state index contributed by atoms with van der Waals surface area (Å²) in [5.74, 6) is 0.672. The molecule has 0 atom stereocenters. The Morgan fingerprint density at radius 3 is 2.52 bits per heavy atom. The van der Waals surface area contributed by atoms with Crippen LogP contribution >= 0.6 is 0 Å². The molecule has 0 aliphatic carbocycles. The van der Waals surface area contributed by atoms with Crippen molar-refractivity contribution in [2.75, 3.05) is 40.3 Å². The maximum atomic E-state index is 12.3. The Morgan fingerprint density at radius 2 is 1.81 bits per heavy atom. The van der Waals surface area contributed by atoms with Crippen LogP contribution in [0.5, 0.6) is 0 Å². The van der Waals surface area contributed by atoms with Crippen molar-refractivity contribution < 1.29 is 13.2 Å². The highest BCUT2D eigenvalue weighted by molar-refractivity contribution is 5.80. The van der Waals surface area contributed by atoms with Crippen molar-refractivity contribution in [3.63, 3.8) is 0 Å². The van der Waals surface area contributed by atoms with Gasteiger partial charge in [0.1, 0.15) is 0 Å². The molecule has 8 heteroatoms. The van der Waals surface area contributed by atoms with E-state index in [1.165, 1.54) is 22.9 Å². The van der Waals surface area contributed by atoms with E-state index in [1.807, 2.05) is 12.1 Å². The van der Waals surface area contributed by atoms with E-state index in [0.717, 1.165) is 19.5 Å². The molecule has 0 unspecified atom stereocenters. The molecule has 5 nitrogen and oxygen atoms in total. The summed E-state index contributed by atoms with van der Waals surface area (Å²) >= 11 is 0. The number of aryl methyl sites for hydroxylation is 1. The van der Waals surface area contributed by atoms with E-state index in [1.54, 1.807) is 7.05 Å². The van der Waals surface area contributed by atoms with Gasteiger partial charge in [-0.3, -0.25) is 9.89 Å². The van der Waals surface area contributed by atoms with Gasteiger partial charge in [-0.25, -0.2) is 0 Å². The van der Waals surface area contributed by atoms with Crippen LogP contribution in [-0.4, -0.2) is 61.9 Å². The minimum atomic E-state index is -4.15. The average Bonchev–Trinajstić information content (AvgIpc) is 3.02. The number of fused-ring (bicyclic) bond motifs is 1. The Hall–Kier alpha value is -2.22. The predicted molar refractivity (Wildman–Crippen MR) is 104 cm³/mol. The summed E-state index contributed by atoms with van der Waals surface area (Å²) in [5.41, 5.74) is 1.22. The molecule has 150 valence electrons. The van der Waals surface area contributed by atoms with Gasteiger partial charge in [0.15, 0.2) is 5.96 Å². The van der Waals surface area contributed by atoms with Crippen LogP contribution < -0.4 is 10.6 Å². The van der Waals surface area contributed by atoms with Crippen LogP contribution in [0.1, 0.15) is 12.8 Å². The standard InChI is InChI=1S/C19H28F3N5/c1-23-18(24-10-5-12-26(2)15-19(20,21)22)25-11-6-13-27-14-9-16-7-3-4-8-17(16)27/h3-4,7-9,14H,5-6,10-13,15H2,1-2H3,(H2,23,24,25). The monoisotopic (exact) mass is 383 g/mol. The number of halogens is 3. The molecule has 2 aromatic rings. The first-order chi connectivity index (χ1) is 12.9. The van der Waals surface area contributed by atoms with Crippen LogP contribution in [0.15, 0.2) is 41.5 Å². The van der Waals surface area contributed by atoms with Gasteiger partial charge < -0.3 is 15.2 Å². The van der Waals surface area contributed by atoms with Gasteiger partial charge in [-0.1, -0.05) is 18.2 Å². The van der Waals surface area contributed by atoms with E-state index in [0.29, 0.717) is 25.5 Å². The summed E-state index contributed by atoms with van der Waals surface area (Å²) in [6.45, 7) is 1.74. The summed E-state index contributed by atoms with van der Waals surface area (Å²) in [6, 6.07) is 10.4. The van der Waals surface area contributed by atoms with Crippen LogP contribution in [0.4, 0.5) is 13.2 Å². The lowest BCUT2D eigenvalue weighted by Gasteiger charge is -2.19. The first-order valence-corrected chi connectivity index (χ1v) is 9.13. The molecule has 1 heterocycles. The Balaban J connectivity index is 1.61. The van der Waals surface area contributed by atoms with E-state index >= 15 is 0 Å². The molecule has 0 radical (unpaired) electrons. The van der Waals surface area contributed by atoms with Gasteiger partial charge in [0.2, 0.25) is 0 Å². The van der Waals surface area contributed by atoms with Crippen LogP contribution in [0.2, 0.25) is 0 Å². The SMILES string of the molecule is CN=C(NCCCN(C)CC(F)(F)F)NCCCn1ccc2ccccc21. The predicted octanol–water partition coefficient (Wildman–Crippen LogP) is 3.08. The highest BCUT2D eigenvalue weighted by atomic mass is 19.4. The lowest BCUT2D eigenvalue weighted by Crippen LogP contribution is -2.39. The van der Waals surface area contributed by atoms with E-state index < -0.39 is 12.7 Å². The second-order valence-corrected chi connectivity index (χ2v) is 6.55. The van der Waals surface area contributed by atoms with Gasteiger partial charge in [0.05, 0.1) is 6.54 Å². The number of aliphatic imine (C=N–C) groups is 1. The lowest BCUT2D eigenvalue weighted by atomic mass is 10.2. The Labute approximate surface area is 158 Å². The van der Waals surface area contributed by atoms with Crippen LogP contribution in [0, 0.1) is 0 Å². The Bertz CT molecular complexity index is 723. The first-order valence-electron chi connectivity index (χ1n) is 9.13. The smallest absolute Gasteiger partial charge is 0.356 e. The largest absolute Gasteiger partial charge is 0.401 e. The molecular weight excluding hydrogens is 355 g/mol. The quantitative estimate of drug-likeness (QED) is 0.397. The van der Waals surface area contributed by atoms with Crippen LogP contribution in [0.25, 0.3) is 10.9 Å². The number of nitrogens with zero attached hydrogens (tertiary/aromatic N) is 3. The fourth-order valence-corrected chi connectivity index (χ4v) is 2.95.